The first kappa shape index (κ1) is 16.1. The summed E-state index contributed by atoms with van der Waals surface area (Å²) in [6.07, 6.45) is 3.08. The van der Waals surface area contributed by atoms with Crippen LogP contribution in [0, 0.1) is 0 Å². The zero-order chi connectivity index (χ0) is 19.1. The molecule has 0 atom stereocenters. The van der Waals surface area contributed by atoms with Crippen molar-refractivity contribution in [3.05, 3.63) is 106 Å². The maximum atomic E-state index is 12.6. The van der Waals surface area contributed by atoms with Crippen molar-refractivity contribution < 1.29 is 0 Å². The predicted octanol–water partition coefficient (Wildman–Crippen LogP) is 3.04. The minimum atomic E-state index is -0.399. The van der Waals surface area contributed by atoms with Crippen molar-refractivity contribution in [3.63, 3.8) is 0 Å². The van der Waals surface area contributed by atoms with E-state index in [4.69, 9.17) is 0 Å². The molecule has 2 aromatic carbocycles. The second-order valence-corrected chi connectivity index (χ2v) is 6.39. The summed E-state index contributed by atoms with van der Waals surface area (Å²) in [6, 6.07) is 22.6. The van der Waals surface area contributed by atoms with E-state index in [2.05, 4.69) is 9.97 Å². The van der Waals surface area contributed by atoms with Crippen LogP contribution in [0.1, 0.15) is 0 Å². The lowest BCUT2D eigenvalue weighted by molar-refractivity contribution is 0.936. The molecule has 0 aliphatic rings. The zero-order valence-corrected chi connectivity index (χ0v) is 14.7. The molecule has 6 nitrogen and oxygen atoms in total. The van der Waals surface area contributed by atoms with Crippen molar-refractivity contribution in [2.75, 3.05) is 0 Å². The highest BCUT2D eigenvalue weighted by atomic mass is 16.1. The van der Waals surface area contributed by atoms with Crippen molar-refractivity contribution >= 4 is 11.0 Å². The first-order valence-corrected chi connectivity index (χ1v) is 8.77. The number of aromatic nitrogens is 4. The van der Waals surface area contributed by atoms with Crippen molar-refractivity contribution in [1.29, 1.82) is 0 Å². The molecule has 0 aliphatic heterocycles. The molecule has 3 heterocycles. The van der Waals surface area contributed by atoms with Gasteiger partial charge in [0.15, 0.2) is 0 Å². The van der Waals surface area contributed by atoms with Crippen molar-refractivity contribution in [2.45, 2.75) is 0 Å². The van der Waals surface area contributed by atoms with Crippen LogP contribution < -0.4 is 11.4 Å². The fraction of sp³-hybridized carbons (Fsp3) is 0. The van der Waals surface area contributed by atoms with Crippen LogP contribution in [0.5, 0.6) is 0 Å². The van der Waals surface area contributed by atoms with Crippen LogP contribution in [-0.2, 0) is 0 Å². The van der Waals surface area contributed by atoms with Crippen molar-refractivity contribution in [2.24, 2.45) is 0 Å². The zero-order valence-electron chi connectivity index (χ0n) is 14.7. The Hall–Kier alpha value is -4.06. The third-order valence-electron chi connectivity index (χ3n) is 4.68. The minimum absolute atomic E-state index is 0.399. The number of hydrogen-bond acceptors (Lipinski definition) is 4. The molecule has 0 aliphatic carbocycles. The highest BCUT2D eigenvalue weighted by Gasteiger charge is 2.11. The van der Waals surface area contributed by atoms with Gasteiger partial charge in [-0.1, -0.05) is 60.7 Å². The molecule has 0 N–H and O–H groups in total. The quantitative estimate of drug-likeness (QED) is 0.450. The van der Waals surface area contributed by atoms with Gasteiger partial charge in [-0.2, -0.15) is 9.97 Å². The lowest BCUT2D eigenvalue weighted by atomic mass is 10.1. The van der Waals surface area contributed by atoms with Gasteiger partial charge in [0, 0.05) is 23.5 Å². The Kier molecular flexibility index (Phi) is 3.62. The highest BCUT2D eigenvalue weighted by Crippen LogP contribution is 2.22. The summed E-state index contributed by atoms with van der Waals surface area (Å²) in [4.78, 5) is 33.6. The van der Waals surface area contributed by atoms with Gasteiger partial charge in [0.25, 0.3) is 0 Å². The van der Waals surface area contributed by atoms with Gasteiger partial charge < -0.3 is 0 Å². The summed E-state index contributed by atoms with van der Waals surface area (Å²) in [5.74, 6) is 0. The minimum Gasteiger partial charge on any atom is -0.264 e. The second-order valence-electron chi connectivity index (χ2n) is 6.39. The summed E-state index contributed by atoms with van der Waals surface area (Å²) >= 11 is 0. The lowest BCUT2D eigenvalue weighted by Gasteiger charge is -2.09. The molecule has 0 bridgehead atoms. The largest absolute Gasteiger partial charge is 0.352 e. The maximum Gasteiger partial charge on any atom is 0.352 e. The van der Waals surface area contributed by atoms with E-state index in [-0.39, 0.29) is 0 Å². The van der Waals surface area contributed by atoms with Crippen LogP contribution in [0.2, 0.25) is 0 Å². The van der Waals surface area contributed by atoms with E-state index in [0.29, 0.717) is 22.4 Å². The number of rotatable bonds is 2. The van der Waals surface area contributed by atoms with E-state index in [9.17, 15) is 9.59 Å². The van der Waals surface area contributed by atoms with Crippen molar-refractivity contribution in [1.82, 2.24) is 18.8 Å². The molecule has 5 aromatic rings. The highest BCUT2D eigenvalue weighted by molar-refractivity contribution is 5.81. The molecule has 0 fully saturated rings. The number of hydrogen-bond donors (Lipinski definition) is 0. The average Bonchev–Trinajstić information content (AvgIpc) is 2.75. The van der Waals surface area contributed by atoms with Gasteiger partial charge >= 0.3 is 11.4 Å². The van der Waals surface area contributed by atoms with E-state index in [1.807, 2.05) is 72.8 Å². The summed E-state index contributed by atoms with van der Waals surface area (Å²) in [5.41, 5.74) is 3.19. The SMILES string of the molecule is O=c1nc(-c2ccccc2)cc2c3cc(-c4ccccc4)nc(=O)n3ccn12. The van der Waals surface area contributed by atoms with Crippen LogP contribution >= 0.6 is 0 Å². The van der Waals surface area contributed by atoms with E-state index in [1.54, 1.807) is 0 Å². The predicted molar refractivity (Wildman–Crippen MR) is 107 cm³/mol. The number of fused-ring (bicyclic) bond motifs is 3. The molecule has 0 unspecified atom stereocenters. The molecule has 0 amide bonds. The maximum absolute atomic E-state index is 12.6. The molecule has 5 rings (SSSR count). The standard InChI is InChI=1S/C22H14N4O2/c27-21-23-17(15-7-3-1-4-8-15)13-19-20-14-18(16-9-5-2-6-10-16)24-22(28)26(20)12-11-25(19)21/h1-14H. The molecule has 0 saturated heterocycles. The first-order valence-electron chi connectivity index (χ1n) is 8.77. The molecule has 28 heavy (non-hydrogen) atoms. The Morgan fingerprint density at radius 2 is 0.964 bits per heavy atom. The molecule has 134 valence electrons. The van der Waals surface area contributed by atoms with E-state index >= 15 is 0 Å². The molecule has 0 saturated carbocycles. The smallest absolute Gasteiger partial charge is 0.264 e. The summed E-state index contributed by atoms with van der Waals surface area (Å²) in [6.45, 7) is 0. The van der Waals surface area contributed by atoms with Gasteiger partial charge in [0.1, 0.15) is 0 Å². The first-order chi connectivity index (χ1) is 13.7. The van der Waals surface area contributed by atoms with Gasteiger partial charge in [0.2, 0.25) is 0 Å². The van der Waals surface area contributed by atoms with Gasteiger partial charge in [-0.15, -0.1) is 0 Å². The van der Waals surface area contributed by atoms with Gasteiger partial charge in [0.05, 0.1) is 22.4 Å². The third kappa shape index (κ3) is 2.59. The number of nitrogens with zero attached hydrogens (tertiary/aromatic N) is 4. The fourth-order valence-electron chi connectivity index (χ4n) is 3.31. The molecular weight excluding hydrogens is 352 g/mol. The topological polar surface area (TPSA) is 68.7 Å². The molecule has 3 aromatic heterocycles. The summed E-state index contributed by atoms with van der Waals surface area (Å²) in [5, 5.41) is 0. The summed E-state index contributed by atoms with van der Waals surface area (Å²) < 4.78 is 2.88. The van der Waals surface area contributed by atoms with Crippen LogP contribution in [0.25, 0.3) is 33.5 Å². The Bertz CT molecular complexity index is 1330. The Labute approximate surface area is 159 Å². The van der Waals surface area contributed by atoms with E-state index in [1.165, 1.54) is 21.2 Å². The fourth-order valence-corrected chi connectivity index (χ4v) is 3.31. The number of benzene rings is 2. The summed E-state index contributed by atoms with van der Waals surface area (Å²) in [7, 11) is 0. The monoisotopic (exact) mass is 366 g/mol. The lowest BCUT2D eigenvalue weighted by Crippen LogP contribution is -2.22. The Morgan fingerprint density at radius 3 is 1.36 bits per heavy atom. The molecule has 0 spiro atoms. The van der Waals surface area contributed by atoms with Crippen LogP contribution in [0.15, 0.2) is 94.8 Å². The average molecular weight is 366 g/mol. The van der Waals surface area contributed by atoms with Gasteiger partial charge in [-0.05, 0) is 12.1 Å². The Morgan fingerprint density at radius 1 is 0.571 bits per heavy atom. The van der Waals surface area contributed by atoms with E-state index in [0.717, 1.165) is 11.1 Å². The second kappa shape index (κ2) is 6.28. The molecule has 0 radical (unpaired) electrons. The van der Waals surface area contributed by atoms with Crippen LogP contribution in [-0.4, -0.2) is 18.8 Å². The molecular formula is C22H14N4O2. The third-order valence-corrected chi connectivity index (χ3v) is 4.68. The Balaban J connectivity index is 1.87. The van der Waals surface area contributed by atoms with Gasteiger partial charge in [-0.3, -0.25) is 8.80 Å². The van der Waals surface area contributed by atoms with E-state index < -0.39 is 11.4 Å². The molecule has 6 heteroatoms. The normalized spacial score (nSPS) is 11.1. The van der Waals surface area contributed by atoms with Crippen molar-refractivity contribution in [3.8, 4) is 22.5 Å². The van der Waals surface area contributed by atoms with Crippen LogP contribution in [0.3, 0.4) is 0 Å². The van der Waals surface area contributed by atoms with Gasteiger partial charge in [-0.25, -0.2) is 9.59 Å². The van der Waals surface area contributed by atoms with Crippen LogP contribution in [0.4, 0.5) is 0 Å².